The van der Waals surface area contributed by atoms with Gasteiger partial charge in [-0.25, -0.2) is 4.98 Å². The van der Waals surface area contributed by atoms with Crippen LogP contribution in [0.4, 0.5) is 0 Å². The number of rotatable bonds is 1. The fourth-order valence-corrected chi connectivity index (χ4v) is 3.71. The lowest BCUT2D eigenvalue weighted by molar-refractivity contribution is 0.0773. The molecule has 1 aliphatic carbocycles. The molecule has 2 aliphatic rings. The molecule has 1 saturated heterocycles. The fraction of sp³-hybridized carbons (Fsp3) is 0.467. The molecule has 0 bridgehead atoms. The maximum atomic E-state index is 12.6. The highest BCUT2D eigenvalue weighted by Crippen LogP contribution is 2.39. The first-order chi connectivity index (χ1) is 9.66. The second-order valence-electron chi connectivity index (χ2n) is 6.11. The molecule has 2 atom stereocenters. The smallest absolute Gasteiger partial charge is 0.272 e. The molecule has 3 N–H and O–H groups in total. The lowest BCUT2D eigenvalue weighted by Gasteiger charge is -2.22. The predicted octanol–water partition coefficient (Wildman–Crippen LogP) is 1.52. The summed E-state index contributed by atoms with van der Waals surface area (Å²) in [6, 6.07) is 5.58. The second kappa shape index (κ2) is 4.06. The summed E-state index contributed by atoms with van der Waals surface area (Å²) in [5.74, 6) is 0.467. The number of aromatic nitrogens is 2. The van der Waals surface area contributed by atoms with Crippen LogP contribution in [0.3, 0.4) is 0 Å². The number of nitrogens with one attached hydrogen (secondary N) is 1. The second-order valence-corrected chi connectivity index (χ2v) is 6.11. The number of hydrogen-bond acceptors (Lipinski definition) is 3. The number of likely N-dealkylation sites (tertiary alicyclic amines) is 1. The van der Waals surface area contributed by atoms with E-state index < -0.39 is 0 Å². The van der Waals surface area contributed by atoms with Crippen molar-refractivity contribution in [2.45, 2.75) is 24.8 Å². The van der Waals surface area contributed by atoms with Gasteiger partial charge in [0.25, 0.3) is 5.91 Å². The quantitative estimate of drug-likeness (QED) is 0.825. The Morgan fingerprint density at radius 1 is 1.45 bits per heavy atom. The van der Waals surface area contributed by atoms with Crippen molar-refractivity contribution in [1.82, 2.24) is 14.9 Å². The number of carbonyl (C=O) groups is 1. The first kappa shape index (κ1) is 11.9. The number of H-pyrrole nitrogens is 1. The molecular formula is C15H18N4O. The molecule has 1 amide bonds. The van der Waals surface area contributed by atoms with E-state index in [-0.39, 0.29) is 11.4 Å². The van der Waals surface area contributed by atoms with Crippen LogP contribution in [-0.2, 0) is 0 Å². The number of fused-ring (bicyclic) bond motifs is 2. The van der Waals surface area contributed by atoms with Crippen LogP contribution in [0.5, 0.6) is 0 Å². The van der Waals surface area contributed by atoms with Crippen molar-refractivity contribution in [3.63, 3.8) is 0 Å². The molecule has 1 aliphatic heterocycles. The third-order valence-corrected chi connectivity index (χ3v) is 4.84. The minimum absolute atomic E-state index is 0.00678. The van der Waals surface area contributed by atoms with Gasteiger partial charge < -0.3 is 15.6 Å². The Balaban J connectivity index is 1.61. The average Bonchev–Trinajstić information content (AvgIpc) is 3.09. The van der Waals surface area contributed by atoms with E-state index in [1.165, 1.54) is 6.42 Å². The molecule has 2 unspecified atom stereocenters. The lowest BCUT2D eigenvalue weighted by atomic mass is 9.92. The summed E-state index contributed by atoms with van der Waals surface area (Å²) in [5, 5.41) is 0. The van der Waals surface area contributed by atoms with Crippen molar-refractivity contribution < 1.29 is 4.79 Å². The van der Waals surface area contributed by atoms with Crippen molar-refractivity contribution in [2.75, 3.05) is 13.1 Å². The SMILES string of the molecule is NC12CCCC1CN(C(=O)c1ccc3[nH]ccc3n1)C2. The molecule has 5 nitrogen and oxygen atoms in total. The van der Waals surface area contributed by atoms with Crippen LogP contribution in [0.2, 0.25) is 0 Å². The van der Waals surface area contributed by atoms with E-state index in [4.69, 9.17) is 5.73 Å². The van der Waals surface area contributed by atoms with E-state index in [0.717, 1.165) is 30.4 Å². The molecule has 0 spiro atoms. The Kier molecular flexibility index (Phi) is 2.41. The zero-order valence-corrected chi connectivity index (χ0v) is 11.3. The largest absolute Gasteiger partial charge is 0.360 e. The van der Waals surface area contributed by atoms with Gasteiger partial charge in [-0.1, -0.05) is 6.42 Å². The number of nitrogens with two attached hydrogens (primary N) is 1. The van der Waals surface area contributed by atoms with Gasteiger partial charge in [-0.05, 0) is 37.0 Å². The first-order valence-electron chi connectivity index (χ1n) is 7.18. The molecule has 1 saturated carbocycles. The van der Waals surface area contributed by atoms with Crippen molar-refractivity contribution in [3.05, 3.63) is 30.1 Å². The molecule has 2 aromatic heterocycles. The highest BCUT2D eigenvalue weighted by atomic mass is 16.2. The van der Waals surface area contributed by atoms with Gasteiger partial charge in [0.05, 0.1) is 11.0 Å². The minimum atomic E-state index is -0.159. The Bertz CT molecular complexity index is 679. The maximum Gasteiger partial charge on any atom is 0.272 e. The number of aromatic amines is 1. The van der Waals surface area contributed by atoms with E-state index >= 15 is 0 Å². The predicted molar refractivity (Wildman–Crippen MR) is 76.3 cm³/mol. The topological polar surface area (TPSA) is 75.0 Å². The number of carbonyl (C=O) groups excluding carboxylic acids is 1. The third-order valence-electron chi connectivity index (χ3n) is 4.84. The van der Waals surface area contributed by atoms with Crippen molar-refractivity contribution >= 4 is 16.9 Å². The van der Waals surface area contributed by atoms with Gasteiger partial charge in [-0.3, -0.25) is 4.79 Å². The summed E-state index contributed by atoms with van der Waals surface area (Å²) >= 11 is 0. The molecule has 0 radical (unpaired) electrons. The Morgan fingerprint density at radius 3 is 3.20 bits per heavy atom. The molecule has 5 heteroatoms. The van der Waals surface area contributed by atoms with Crippen LogP contribution in [-0.4, -0.2) is 39.4 Å². The minimum Gasteiger partial charge on any atom is -0.360 e. The van der Waals surface area contributed by atoms with Crippen molar-refractivity contribution in [3.8, 4) is 0 Å². The van der Waals surface area contributed by atoms with Crippen LogP contribution in [0.15, 0.2) is 24.4 Å². The van der Waals surface area contributed by atoms with Gasteiger partial charge in [0, 0.05) is 24.8 Å². The molecule has 104 valence electrons. The average molecular weight is 270 g/mol. The van der Waals surface area contributed by atoms with Crippen LogP contribution < -0.4 is 5.73 Å². The fourth-order valence-electron chi connectivity index (χ4n) is 3.71. The lowest BCUT2D eigenvalue weighted by Crippen LogP contribution is -2.44. The van der Waals surface area contributed by atoms with E-state index in [1.54, 1.807) is 6.07 Å². The summed E-state index contributed by atoms with van der Waals surface area (Å²) in [6.07, 6.45) is 5.20. The van der Waals surface area contributed by atoms with Crippen LogP contribution in [0, 0.1) is 5.92 Å². The van der Waals surface area contributed by atoms with Crippen LogP contribution >= 0.6 is 0 Å². The maximum absolute atomic E-state index is 12.6. The first-order valence-corrected chi connectivity index (χ1v) is 7.18. The molecule has 20 heavy (non-hydrogen) atoms. The molecule has 2 fully saturated rings. The Labute approximate surface area is 117 Å². The molecule has 3 heterocycles. The van der Waals surface area contributed by atoms with Crippen LogP contribution in [0.1, 0.15) is 29.8 Å². The van der Waals surface area contributed by atoms with E-state index in [9.17, 15) is 4.79 Å². The summed E-state index contributed by atoms with van der Waals surface area (Å²) < 4.78 is 0. The number of pyridine rings is 1. The molecule has 2 aromatic rings. The summed E-state index contributed by atoms with van der Waals surface area (Å²) in [6.45, 7) is 1.45. The standard InChI is InChI=1S/C15H18N4O/c16-15-6-1-2-10(15)8-19(9-15)14(20)13-4-3-11-12(18-13)5-7-17-11/h3-5,7,10,17H,1-2,6,8-9,16H2. The van der Waals surface area contributed by atoms with Gasteiger partial charge >= 0.3 is 0 Å². The van der Waals surface area contributed by atoms with Gasteiger partial charge in [0.2, 0.25) is 0 Å². The molecular weight excluding hydrogens is 252 g/mol. The number of hydrogen-bond donors (Lipinski definition) is 2. The zero-order valence-electron chi connectivity index (χ0n) is 11.3. The summed E-state index contributed by atoms with van der Waals surface area (Å²) in [4.78, 5) is 22.0. The van der Waals surface area contributed by atoms with Crippen molar-refractivity contribution in [2.24, 2.45) is 11.7 Å². The van der Waals surface area contributed by atoms with Gasteiger partial charge in [-0.2, -0.15) is 0 Å². The van der Waals surface area contributed by atoms with Crippen molar-refractivity contribution in [1.29, 1.82) is 0 Å². The summed E-state index contributed by atoms with van der Waals surface area (Å²) in [5.41, 5.74) is 8.57. The Morgan fingerprint density at radius 2 is 2.35 bits per heavy atom. The highest BCUT2D eigenvalue weighted by molar-refractivity contribution is 5.94. The van der Waals surface area contributed by atoms with Crippen LogP contribution in [0.25, 0.3) is 11.0 Å². The number of nitrogens with zero attached hydrogens (tertiary/aromatic N) is 2. The Hall–Kier alpha value is -1.88. The van der Waals surface area contributed by atoms with Gasteiger partial charge in [0.1, 0.15) is 5.69 Å². The number of amides is 1. The van der Waals surface area contributed by atoms with E-state index in [2.05, 4.69) is 9.97 Å². The monoisotopic (exact) mass is 270 g/mol. The van der Waals surface area contributed by atoms with E-state index in [1.807, 2.05) is 23.2 Å². The zero-order chi connectivity index (χ0) is 13.7. The normalized spacial score (nSPS) is 29.1. The third kappa shape index (κ3) is 1.66. The van der Waals surface area contributed by atoms with Gasteiger partial charge in [-0.15, -0.1) is 0 Å². The highest BCUT2D eigenvalue weighted by Gasteiger charge is 2.48. The molecule has 0 aromatic carbocycles. The van der Waals surface area contributed by atoms with Gasteiger partial charge in [0.15, 0.2) is 0 Å². The summed E-state index contributed by atoms with van der Waals surface area (Å²) in [7, 11) is 0. The van der Waals surface area contributed by atoms with E-state index in [0.29, 0.717) is 18.2 Å². The molecule has 4 rings (SSSR count).